The highest BCUT2D eigenvalue weighted by atomic mass is 16.5. The van der Waals surface area contributed by atoms with Gasteiger partial charge >= 0.3 is 6.03 Å². The van der Waals surface area contributed by atoms with E-state index in [0.717, 1.165) is 24.3 Å². The summed E-state index contributed by atoms with van der Waals surface area (Å²) in [7, 11) is 0. The highest BCUT2D eigenvalue weighted by Gasteiger charge is 2.13. The first-order chi connectivity index (χ1) is 8.25. The predicted octanol–water partition coefficient (Wildman–Crippen LogP) is 1.36. The van der Waals surface area contributed by atoms with Gasteiger partial charge < -0.3 is 10.1 Å². The van der Waals surface area contributed by atoms with Crippen molar-refractivity contribution in [3.63, 3.8) is 0 Å². The molecular formula is C12H17N3O2. The Morgan fingerprint density at radius 1 is 1.29 bits per heavy atom. The first-order valence-electron chi connectivity index (χ1n) is 5.71. The molecule has 0 radical (unpaired) electrons. The highest BCUT2D eigenvalue weighted by Crippen LogP contribution is 2.12. The maximum atomic E-state index is 11.7. The molecule has 1 saturated heterocycles. The molecule has 0 unspecified atom stereocenters. The standard InChI is InChI=1S/C12H17N3O2/c1-10-4-2-3-5-11(10)13-12(16)14-15-6-8-17-9-7-15/h2-5H,6-9H2,1H3,(H2,13,14,16). The van der Waals surface area contributed by atoms with Gasteiger partial charge in [0.25, 0.3) is 0 Å². The fourth-order valence-electron chi connectivity index (χ4n) is 1.68. The lowest BCUT2D eigenvalue weighted by atomic mass is 10.2. The second-order valence-electron chi connectivity index (χ2n) is 3.98. The molecule has 0 atom stereocenters. The second-order valence-corrected chi connectivity index (χ2v) is 3.98. The Kier molecular flexibility index (Phi) is 3.95. The zero-order valence-electron chi connectivity index (χ0n) is 9.90. The maximum absolute atomic E-state index is 11.7. The molecule has 5 nitrogen and oxygen atoms in total. The Morgan fingerprint density at radius 2 is 2.00 bits per heavy atom. The van der Waals surface area contributed by atoms with Crippen molar-refractivity contribution < 1.29 is 9.53 Å². The van der Waals surface area contributed by atoms with E-state index >= 15 is 0 Å². The van der Waals surface area contributed by atoms with E-state index in [0.29, 0.717) is 13.2 Å². The number of anilines is 1. The average molecular weight is 235 g/mol. The average Bonchev–Trinajstić information content (AvgIpc) is 2.33. The smallest absolute Gasteiger partial charge is 0.333 e. The van der Waals surface area contributed by atoms with Crippen molar-refractivity contribution in [3.05, 3.63) is 29.8 Å². The van der Waals surface area contributed by atoms with E-state index in [2.05, 4.69) is 10.7 Å². The Labute approximate surface area is 101 Å². The molecule has 1 aromatic carbocycles. The van der Waals surface area contributed by atoms with E-state index in [1.165, 1.54) is 0 Å². The predicted molar refractivity (Wildman–Crippen MR) is 65.7 cm³/mol. The quantitative estimate of drug-likeness (QED) is 0.814. The molecule has 2 N–H and O–H groups in total. The fourth-order valence-corrected chi connectivity index (χ4v) is 1.68. The van der Waals surface area contributed by atoms with Crippen LogP contribution in [0.3, 0.4) is 0 Å². The number of urea groups is 1. The van der Waals surface area contributed by atoms with Crippen LogP contribution in [-0.4, -0.2) is 37.3 Å². The van der Waals surface area contributed by atoms with Gasteiger partial charge in [-0.25, -0.2) is 9.80 Å². The molecule has 17 heavy (non-hydrogen) atoms. The van der Waals surface area contributed by atoms with Crippen LogP contribution in [0.2, 0.25) is 0 Å². The number of carbonyl (C=O) groups is 1. The summed E-state index contributed by atoms with van der Waals surface area (Å²) in [5.74, 6) is 0. The van der Waals surface area contributed by atoms with Gasteiger partial charge in [0.1, 0.15) is 0 Å². The SMILES string of the molecule is Cc1ccccc1NC(=O)NN1CCOCC1. The van der Waals surface area contributed by atoms with Crippen molar-refractivity contribution in [2.45, 2.75) is 6.92 Å². The summed E-state index contributed by atoms with van der Waals surface area (Å²) in [4.78, 5) is 11.7. The van der Waals surface area contributed by atoms with Gasteiger partial charge in [0, 0.05) is 18.8 Å². The van der Waals surface area contributed by atoms with Crippen LogP contribution in [0.5, 0.6) is 0 Å². The summed E-state index contributed by atoms with van der Waals surface area (Å²) >= 11 is 0. The van der Waals surface area contributed by atoms with Crippen molar-refractivity contribution in [1.82, 2.24) is 10.4 Å². The van der Waals surface area contributed by atoms with Crippen LogP contribution in [0.1, 0.15) is 5.56 Å². The summed E-state index contributed by atoms with van der Waals surface area (Å²) in [5.41, 5.74) is 4.68. The number of carbonyl (C=O) groups excluding carboxylic acids is 1. The molecule has 1 heterocycles. The van der Waals surface area contributed by atoms with Gasteiger partial charge in [-0.05, 0) is 18.6 Å². The maximum Gasteiger partial charge on any atom is 0.333 e. The lowest BCUT2D eigenvalue weighted by molar-refractivity contribution is 0.0207. The third-order valence-corrected chi connectivity index (χ3v) is 2.66. The van der Waals surface area contributed by atoms with Crippen LogP contribution in [0, 0.1) is 6.92 Å². The number of amides is 2. The van der Waals surface area contributed by atoms with Gasteiger partial charge in [0.05, 0.1) is 13.2 Å². The zero-order chi connectivity index (χ0) is 12.1. The molecule has 2 rings (SSSR count). The lowest BCUT2D eigenvalue weighted by Crippen LogP contribution is -2.49. The van der Waals surface area contributed by atoms with Gasteiger partial charge in [-0.1, -0.05) is 18.2 Å². The first-order valence-corrected chi connectivity index (χ1v) is 5.71. The fraction of sp³-hybridized carbons (Fsp3) is 0.417. The molecule has 1 aliphatic rings. The Bertz CT molecular complexity index is 389. The van der Waals surface area contributed by atoms with Crippen molar-refractivity contribution in [2.75, 3.05) is 31.6 Å². The number of para-hydroxylation sites is 1. The molecule has 92 valence electrons. The number of nitrogens with one attached hydrogen (secondary N) is 2. The van der Waals surface area contributed by atoms with Gasteiger partial charge in [0.15, 0.2) is 0 Å². The minimum Gasteiger partial charge on any atom is -0.379 e. The Balaban J connectivity index is 1.86. The summed E-state index contributed by atoms with van der Waals surface area (Å²) in [6, 6.07) is 7.48. The van der Waals surface area contributed by atoms with Crippen LogP contribution >= 0.6 is 0 Å². The van der Waals surface area contributed by atoms with Crippen LogP contribution in [0.25, 0.3) is 0 Å². The van der Waals surface area contributed by atoms with Gasteiger partial charge in [-0.2, -0.15) is 0 Å². The van der Waals surface area contributed by atoms with E-state index in [9.17, 15) is 4.79 Å². The van der Waals surface area contributed by atoms with Crippen LogP contribution in [-0.2, 0) is 4.74 Å². The van der Waals surface area contributed by atoms with Crippen molar-refractivity contribution in [3.8, 4) is 0 Å². The summed E-state index contributed by atoms with van der Waals surface area (Å²) in [6.07, 6.45) is 0. The third-order valence-electron chi connectivity index (χ3n) is 2.66. The topological polar surface area (TPSA) is 53.6 Å². The molecule has 5 heteroatoms. The molecule has 2 amide bonds. The monoisotopic (exact) mass is 235 g/mol. The number of morpholine rings is 1. The van der Waals surface area contributed by atoms with Gasteiger partial charge in [0.2, 0.25) is 0 Å². The summed E-state index contributed by atoms with van der Waals surface area (Å²) < 4.78 is 5.21. The van der Waals surface area contributed by atoms with E-state index in [-0.39, 0.29) is 6.03 Å². The van der Waals surface area contributed by atoms with Crippen molar-refractivity contribution >= 4 is 11.7 Å². The largest absolute Gasteiger partial charge is 0.379 e. The first kappa shape index (κ1) is 11.9. The van der Waals surface area contributed by atoms with Crippen molar-refractivity contribution in [1.29, 1.82) is 0 Å². The number of aryl methyl sites for hydroxylation is 1. The number of nitrogens with zero attached hydrogens (tertiary/aromatic N) is 1. The second kappa shape index (κ2) is 5.65. The molecule has 1 aromatic rings. The van der Waals surface area contributed by atoms with E-state index in [4.69, 9.17) is 4.74 Å². The minimum absolute atomic E-state index is 0.207. The Morgan fingerprint density at radius 3 is 2.71 bits per heavy atom. The van der Waals surface area contributed by atoms with E-state index < -0.39 is 0 Å². The molecule has 0 aromatic heterocycles. The van der Waals surface area contributed by atoms with E-state index in [1.54, 1.807) is 0 Å². The lowest BCUT2D eigenvalue weighted by Gasteiger charge is -2.27. The molecule has 0 spiro atoms. The summed E-state index contributed by atoms with van der Waals surface area (Å²) in [6.45, 7) is 4.72. The van der Waals surface area contributed by atoms with Gasteiger partial charge in [-0.3, -0.25) is 5.43 Å². The van der Waals surface area contributed by atoms with E-state index in [1.807, 2.05) is 36.2 Å². The normalized spacial score (nSPS) is 16.5. The molecule has 1 aliphatic heterocycles. The van der Waals surface area contributed by atoms with Crippen LogP contribution in [0.15, 0.2) is 24.3 Å². The minimum atomic E-state index is -0.207. The number of ether oxygens (including phenoxy) is 1. The third kappa shape index (κ3) is 3.44. The molecule has 0 saturated carbocycles. The summed E-state index contributed by atoms with van der Waals surface area (Å²) in [5, 5.41) is 4.68. The number of rotatable bonds is 2. The van der Waals surface area contributed by atoms with Gasteiger partial charge in [-0.15, -0.1) is 0 Å². The Hall–Kier alpha value is -1.59. The van der Waals surface area contributed by atoms with Crippen LogP contribution < -0.4 is 10.7 Å². The molecule has 1 fully saturated rings. The molecular weight excluding hydrogens is 218 g/mol. The number of hydrogen-bond acceptors (Lipinski definition) is 3. The molecule has 0 bridgehead atoms. The number of hydrazine groups is 1. The number of benzene rings is 1. The van der Waals surface area contributed by atoms with Crippen molar-refractivity contribution in [2.24, 2.45) is 0 Å². The number of hydrogen-bond donors (Lipinski definition) is 2. The van der Waals surface area contributed by atoms with Crippen LogP contribution in [0.4, 0.5) is 10.5 Å². The highest BCUT2D eigenvalue weighted by molar-refractivity contribution is 5.89. The zero-order valence-corrected chi connectivity index (χ0v) is 9.90. The molecule has 0 aliphatic carbocycles.